The monoisotopic (exact) mass is 382 g/mol. The lowest BCUT2D eigenvalue weighted by atomic mass is 10.1. The van der Waals surface area contributed by atoms with E-state index in [4.69, 9.17) is 0 Å². The Morgan fingerprint density at radius 1 is 1.00 bits per heavy atom. The molecule has 0 saturated carbocycles. The lowest BCUT2D eigenvalue weighted by molar-refractivity contribution is 0.112. The van der Waals surface area contributed by atoms with Gasteiger partial charge >= 0.3 is 0 Å². The molecule has 0 bridgehead atoms. The Morgan fingerprint density at radius 3 is 2.37 bits per heavy atom. The van der Waals surface area contributed by atoms with Gasteiger partial charge in [-0.2, -0.15) is 4.31 Å². The van der Waals surface area contributed by atoms with E-state index in [0.29, 0.717) is 29.7 Å². The lowest BCUT2D eigenvalue weighted by Gasteiger charge is -2.25. The normalized spacial score (nSPS) is 15.9. The Morgan fingerprint density at radius 2 is 1.70 bits per heavy atom. The fraction of sp³-hybridized carbons (Fsp3) is 0.286. The standard InChI is InChI=1S/C21H22N2O3S/c1-15-5-7-16(8-6-15)21-19(14-24)18-13-17(9-10-20(18)22-21)27(25,26)23-11-3-2-4-12-23/h5-10,13-14,22H,2-4,11-12H2,1H3. The van der Waals surface area contributed by atoms with Crippen molar-refractivity contribution in [3.63, 3.8) is 0 Å². The van der Waals surface area contributed by atoms with Gasteiger partial charge in [0.25, 0.3) is 0 Å². The maximum atomic E-state index is 13.0. The number of nitrogens with one attached hydrogen (secondary N) is 1. The zero-order valence-electron chi connectivity index (χ0n) is 15.2. The molecule has 1 saturated heterocycles. The summed E-state index contributed by atoms with van der Waals surface area (Å²) >= 11 is 0. The molecule has 0 atom stereocenters. The summed E-state index contributed by atoms with van der Waals surface area (Å²) in [5.74, 6) is 0. The van der Waals surface area contributed by atoms with Gasteiger partial charge in [-0.25, -0.2) is 8.42 Å². The molecule has 0 amide bonds. The summed E-state index contributed by atoms with van der Waals surface area (Å²) in [6.07, 6.45) is 3.65. The third-order valence-electron chi connectivity index (χ3n) is 5.22. The second kappa shape index (κ2) is 6.94. The molecule has 1 fully saturated rings. The highest BCUT2D eigenvalue weighted by Crippen LogP contribution is 2.32. The van der Waals surface area contributed by atoms with Gasteiger partial charge < -0.3 is 4.98 Å². The third kappa shape index (κ3) is 3.19. The maximum absolute atomic E-state index is 13.0. The van der Waals surface area contributed by atoms with Crippen molar-refractivity contribution < 1.29 is 13.2 Å². The number of aromatic nitrogens is 1. The van der Waals surface area contributed by atoms with Crippen LogP contribution in [0.15, 0.2) is 47.4 Å². The van der Waals surface area contributed by atoms with E-state index >= 15 is 0 Å². The molecule has 140 valence electrons. The number of H-pyrrole nitrogens is 1. The second-order valence-corrected chi connectivity index (χ2v) is 9.01. The van der Waals surface area contributed by atoms with Crippen LogP contribution in [0, 0.1) is 6.92 Å². The predicted octanol–water partition coefficient (Wildman–Crippen LogP) is 4.13. The number of rotatable bonds is 4. The van der Waals surface area contributed by atoms with Crippen molar-refractivity contribution in [1.82, 2.24) is 9.29 Å². The summed E-state index contributed by atoms with van der Waals surface area (Å²) in [5.41, 5.74) is 4.00. The third-order valence-corrected chi connectivity index (χ3v) is 7.12. The molecule has 1 aromatic heterocycles. The van der Waals surface area contributed by atoms with Crippen LogP contribution in [0.3, 0.4) is 0 Å². The number of aryl methyl sites for hydroxylation is 1. The first-order valence-electron chi connectivity index (χ1n) is 9.19. The largest absolute Gasteiger partial charge is 0.354 e. The van der Waals surface area contributed by atoms with Crippen LogP contribution in [-0.4, -0.2) is 37.1 Å². The van der Waals surface area contributed by atoms with Gasteiger partial charge in [0, 0.05) is 29.6 Å². The summed E-state index contributed by atoms with van der Waals surface area (Å²) in [7, 11) is -3.54. The molecule has 2 heterocycles. The van der Waals surface area contributed by atoms with Crippen molar-refractivity contribution in [3.05, 3.63) is 53.6 Å². The van der Waals surface area contributed by atoms with Gasteiger partial charge in [-0.15, -0.1) is 0 Å². The number of hydrogen-bond donors (Lipinski definition) is 1. The second-order valence-electron chi connectivity index (χ2n) is 7.07. The van der Waals surface area contributed by atoms with Gasteiger partial charge in [-0.1, -0.05) is 36.2 Å². The van der Waals surface area contributed by atoms with Gasteiger partial charge in [0.1, 0.15) is 0 Å². The van der Waals surface area contributed by atoms with E-state index < -0.39 is 10.0 Å². The number of fused-ring (bicyclic) bond motifs is 1. The molecule has 1 aliphatic heterocycles. The SMILES string of the molecule is Cc1ccc(-c2[nH]c3ccc(S(=O)(=O)N4CCCCC4)cc3c2C=O)cc1. The Balaban J connectivity index is 1.82. The molecule has 3 aromatic rings. The number of hydrogen-bond acceptors (Lipinski definition) is 3. The van der Waals surface area contributed by atoms with E-state index in [9.17, 15) is 13.2 Å². The fourth-order valence-electron chi connectivity index (χ4n) is 3.68. The molecule has 4 rings (SSSR count). The molecule has 0 spiro atoms. The molecule has 0 unspecified atom stereocenters. The Labute approximate surface area is 159 Å². The summed E-state index contributed by atoms with van der Waals surface area (Å²) in [5, 5.41) is 0.638. The smallest absolute Gasteiger partial charge is 0.243 e. The first kappa shape index (κ1) is 17.9. The number of carbonyl (C=O) groups is 1. The molecule has 2 aromatic carbocycles. The summed E-state index contributed by atoms with van der Waals surface area (Å²) < 4.78 is 27.5. The van der Waals surface area contributed by atoms with Crippen LogP contribution in [0.2, 0.25) is 0 Å². The average molecular weight is 382 g/mol. The number of carbonyl (C=O) groups excluding carboxylic acids is 1. The van der Waals surface area contributed by atoms with Crippen molar-refractivity contribution in [2.24, 2.45) is 0 Å². The average Bonchev–Trinajstić information content (AvgIpc) is 3.07. The highest BCUT2D eigenvalue weighted by molar-refractivity contribution is 7.89. The van der Waals surface area contributed by atoms with Crippen LogP contribution in [0.25, 0.3) is 22.2 Å². The van der Waals surface area contributed by atoms with Crippen molar-refractivity contribution in [3.8, 4) is 11.3 Å². The number of sulfonamides is 1. The molecule has 0 aliphatic carbocycles. The minimum atomic E-state index is -3.54. The van der Waals surface area contributed by atoms with Crippen LogP contribution < -0.4 is 0 Å². The highest BCUT2D eigenvalue weighted by Gasteiger charge is 2.26. The minimum Gasteiger partial charge on any atom is -0.354 e. The Hall–Kier alpha value is -2.44. The van der Waals surface area contributed by atoms with Crippen molar-refractivity contribution >= 4 is 27.2 Å². The van der Waals surface area contributed by atoms with Crippen LogP contribution in [-0.2, 0) is 10.0 Å². The summed E-state index contributed by atoms with van der Waals surface area (Å²) in [4.78, 5) is 15.3. The van der Waals surface area contributed by atoms with E-state index in [1.54, 1.807) is 22.5 Å². The zero-order valence-corrected chi connectivity index (χ0v) is 16.1. The topological polar surface area (TPSA) is 70.2 Å². The van der Waals surface area contributed by atoms with Gasteiger partial charge in [-0.05, 0) is 43.5 Å². The Kier molecular flexibility index (Phi) is 4.61. The van der Waals surface area contributed by atoms with Crippen molar-refractivity contribution in [1.29, 1.82) is 0 Å². The maximum Gasteiger partial charge on any atom is 0.243 e. The number of aldehydes is 1. The molecular weight excluding hydrogens is 360 g/mol. The molecular formula is C21H22N2O3S. The minimum absolute atomic E-state index is 0.245. The summed E-state index contributed by atoms with van der Waals surface area (Å²) in [6.45, 7) is 3.12. The lowest BCUT2D eigenvalue weighted by Crippen LogP contribution is -2.35. The van der Waals surface area contributed by atoms with Crippen LogP contribution >= 0.6 is 0 Å². The number of nitrogens with zero attached hydrogens (tertiary/aromatic N) is 1. The first-order valence-corrected chi connectivity index (χ1v) is 10.6. The van der Waals surface area contributed by atoms with Crippen molar-refractivity contribution in [2.45, 2.75) is 31.1 Å². The fourth-order valence-corrected chi connectivity index (χ4v) is 5.22. The van der Waals surface area contributed by atoms with E-state index in [2.05, 4.69) is 4.98 Å². The van der Waals surface area contributed by atoms with Gasteiger partial charge in [-0.3, -0.25) is 4.79 Å². The quantitative estimate of drug-likeness (QED) is 0.690. The van der Waals surface area contributed by atoms with E-state index in [0.717, 1.165) is 42.2 Å². The summed E-state index contributed by atoms with van der Waals surface area (Å²) in [6, 6.07) is 12.9. The van der Waals surface area contributed by atoms with Crippen molar-refractivity contribution in [2.75, 3.05) is 13.1 Å². The predicted molar refractivity (Wildman–Crippen MR) is 106 cm³/mol. The molecule has 27 heavy (non-hydrogen) atoms. The number of piperidine rings is 1. The van der Waals surface area contributed by atoms with Crippen LogP contribution in [0.1, 0.15) is 35.2 Å². The molecule has 6 heteroatoms. The first-order chi connectivity index (χ1) is 13.0. The molecule has 0 radical (unpaired) electrons. The zero-order chi connectivity index (χ0) is 19.0. The molecule has 5 nitrogen and oxygen atoms in total. The van der Waals surface area contributed by atoms with Gasteiger partial charge in [0.2, 0.25) is 10.0 Å². The molecule has 1 N–H and O–H groups in total. The van der Waals surface area contributed by atoms with E-state index in [-0.39, 0.29) is 4.90 Å². The van der Waals surface area contributed by atoms with E-state index in [1.807, 2.05) is 31.2 Å². The number of aromatic amines is 1. The van der Waals surface area contributed by atoms with E-state index in [1.165, 1.54) is 0 Å². The Bertz CT molecular complexity index is 1090. The van der Waals surface area contributed by atoms with Gasteiger partial charge in [0.05, 0.1) is 10.6 Å². The van der Waals surface area contributed by atoms with Crippen LogP contribution in [0.4, 0.5) is 0 Å². The molecule has 1 aliphatic rings. The van der Waals surface area contributed by atoms with Gasteiger partial charge in [0.15, 0.2) is 6.29 Å². The number of benzene rings is 2. The van der Waals surface area contributed by atoms with Crippen LogP contribution in [0.5, 0.6) is 0 Å². The highest BCUT2D eigenvalue weighted by atomic mass is 32.2.